The van der Waals surface area contributed by atoms with Crippen molar-refractivity contribution in [1.29, 1.82) is 0 Å². The Morgan fingerprint density at radius 2 is 0.574 bits per heavy atom. The van der Waals surface area contributed by atoms with Gasteiger partial charge in [-0.25, -0.2) is 0 Å². The Morgan fingerprint density at radius 1 is 0.197 bits per heavy atom. The van der Waals surface area contributed by atoms with E-state index in [2.05, 4.69) is 218 Å². The summed E-state index contributed by atoms with van der Waals surface area (Å²) < 4.78 is 0. The minimum atomic E-state index is -0.490. The minimum absolute atomic E-state index is 0.490. The van der Waals surface area contributed by atoms with E-state index in [0.717, 1.165) is 0 Å². The fourth-order valence-electron chi connectivity index (χ4n) is 11.9. The summed E-state index contributed by atoms with van der Waals surface area (Å²) in [6.45, 7) is 0. The molecule has 0 saturated heterocycles. The van der Waals surface area contributed by atoms with Gasteiger partial charge in [0.2, 0.25) is 0 Å². The Kier molecular flexibility index (Phi) is 6.58. The zero-order chi connectivity index (χ0) is 39.8. The second-order valence-corrected chi connectivity index (χ2v) is 17.0. The molecule has 0 unspecified atom stereocenters. The maximum atomic E-state index is 2.61. The van der Waals surface area contributed by atoms with Gasteiger partial charge in [0, 0.05) is 0 Å². The molecule has 0 nitrogen and oxygen atoms in total. The second kappa shape index (κ2) is 12.1. The first-order valence-electron chi connectivity index (χ1n) is 21.4. The van der Waals surface area contributed by atoms with Crippen LogP contribution in [-0.4, -0.2) is 0 Å². The van der Waals surface area contributed by atoms with Crippen LogP contribution in [0.4, 0.5) is 0 Å². The third-order valence-corrected chi connectivity index (χ3v) is 14.2. The topological polar surface area (TPSA) is 0 Å². The Bertz CT molecular complexity index is 3780. The van der Waals surface area contributed by atoms with E-state index in [1.54, 1.807) is 0 Å². The summed E-state index contributed by atoms with van der Waals surface area (Å²) in [4.78, 5) is 0. The maximum absolute atomic E-state index is 2.61. The van der Waals surface area contributed by atoms with Gasteiger partial charge in [-0.05, 0) is 156 Å². The normalized spacial score (nSPS) is 13.4. The van der Waals surface area contributed by atoms with Gasteiger partial charge in [-0.2, -0.15) is 0 Å². The lowest BCUT2D eigenvalue weighted by Gasteiger charge is -2.31. The van der Waals surface area contributed by atoms with E-state index < -0.39 is 5.41 Å². The maximum Gasteiger partial charge on any atom is 0.0726 e. The molecule has 61 heavy (non-hydrogen) atoms. The van der Waals surface area contributed by atoms with E-state index in [4.69, 9.17) is 0 Å². The molecule has 12 aromatic rings. The van der Waals surface area contributed by atoms with Crippen molar-refractivity contribution in [2.45, 2.75) is 5.41 Å². The molecule has 0 atom stereocenters. The van der Waals surface area contributed by atoms with Gasteiger partial charge in [-0.3, -0.25) is 0 Å². The Labute approximate surface area is 353 Å². The van der Waals surface area contributed by atoms with Crippen molar-refractivity contribution < 1.29 is 0 Å². The highest BCUT2D eigenvalue weighted by Gasteiger charge is 2.52. The van der Waals surface area contributed by atoms with E-state index in [0.29, 0.717) is 0 Å². The van der Waals surface area contributed by atoms with E-state index in [1.807, 2.05) is 0 Å². The molecule has 0 bridgehead atoms. The fourth-order valence-corrected chi connectivity index (χ4v) is 11.9. The molecule has 2 aliphatic carbocycles. The summed E-state index contributed by atoms with van der Waals surface area (Å²) in [6, 6.07) is 82.6. The van der Waals surface area contributed by atoms with Crippen molar-refractivity contribution in [3.8, 4) is 44.5 Å². The quantitative estimate of drug-likeness (QED) is 0.121. The van der Waals surface area contributed by atoms with Crippen LogP contribution in [-0.2, 0) is 5.41 Å². The molecule has 0 saturated carbocycles. The standard InChI is InChI=1S/C61H36/c1-2-18-38-35-56-53(33-37(38)17-1)60-46-26-8-7-23-43(46)52(36-57(60)61(56)54-31-15-13-24-44(54)45-25-14-16-32-55(45)61)59-49-29-11-9-27-47(49)58(48-28-10-12-30-50(48)59)51-34-39-19-3-4-20-40(39)41-21-5-6-22-42(41)51/h1-36H. The summed E-state index contributed by atoms with van der Waals surface area (Å²) in [5.74, 6) is 0. The molecule has 0 aliphatic heterocycles. The van der Waals surface area contributed by atoms with Crippen LogP contribution < -0.4 is 0 Å². The zero-order valence-corrected chi connectivity index (χ0v) is 33.3. The van der Waals surface area contributed by atoms with E-state index in [9.17, 15) is 0 Å². The fraction of sp³-hybridized carbons (Fsp3) is 0.0164. The highest BCUT2D eigenvalue weighted by molar-refractivity contribution is 6.28. The monoisotopic (exact) mass is 768 g/mol. The first-order valence-corrected chi connectivity index (χ1v) is 21.4. The van der Waals surface area contributed by atoms with E-state index in [-0.39, 0.29) is 0 Å². The van der Waals surface area contributed by atoms with Gasteiger partial charge in [0.15, 0.2) is 0 Å². The van der Waals surface area contributed by atoms with Crippen LogP contribution in [0.15, 0.2) is 218 Å². The largest absolute Gasteiger partial charge is 0.0726 e. The molecule has 0 amide bonds. The predicted octanol–water partition coefficient (Wildman–Crippen LogP) is 16.3. The van der Waals surface area contributed by atoms with Crippen LogP contribution in [0.3, 0.4) is 0 Å². The summed E-state index contributed by atoms with van der Waals surface area (Å²) >= 11 is 0. The predicted molar refractivity (Wildman–Crippen MR) is 259 cm³/mol. The van der Waals surface area contributed by atoms with Gasteiger partial charge >= 0.3 is 0 Å². The smallest absolute Gasteiger partial charge is 0.0619 e. The van der Waals surface area contributed by atoms with Crippen molar-refractivity contribution in [3.63, 3.8) is 0 Å². The lowest BCUT2D eigenvalue weighted by Crippen LogP contribution is -2.26. The molecule has 0 radical (unpaired) electrons. The summed E-state index contributed by atoms with van der Waals surface area (Å²) in [5, 5.41) is 15.3. The first kappa shape index (κ1) is 33.1. The van der Waals surface area contributed by atoms with Crippen molar-refractivity contribution in [2.75, 3.05) is 0 Å². The Morgan fingerprint density at radius 3 is 1.15 bits per heavy atom. The number of benzene rings is 12. The lowest BCUT2D eigenvalue weighted by atomic mass is 9.69. The molecular formula is C61H36. The SMILES string of the molecule is c1ccc2c(c1)-c1ccccc1C21c2cc3ccccc3cc2-c2c1cc(-c1c3ccccc3c(-c3cc4ccccc4c4ccccc34)c3ccccc13)c1ccccc21. The van der Waals surface area contributed by atoms with Gasteiger partial charge in [-0.1, -0.05) is 194 Å². The highest BCUT2D eigenvalue weighted by atomic mass is 14.5. The Hall–Kier alpha value is -7.80. The van der Waals surface area contributed by atoms with Gasteiger partial charge in [0.1, 0.15) is 0 Å². The van der Waals surface area contributed by atoms with Crippen molar-refractivity contribution >= 4 is 64.6 Å². The number of hydrogen-bond acceptors (Lipinski definition) is 0. The van der Waals surface area contributed by atoms with Crippen molar-refractivity contribution in [3.05, 3.63) is 241 Å². The van der Waals surface area contributed by atoms with Gasteiger partial charge in [-0.15, -0.1) is 0 Å². The Balaban J connectivity index is 1.16. The number of rotatable bonds is 2. The minimum Gasteiger partial charge on any atom is -0.0619 e. The van der Waals surface area contributed by atoms with Gasteiger partial charge in [0.05, 0.1) is 5.41 Å². The van der Waals surface area contributed by atoms with Crippen LogP contribution in [0.25, 0.3) is 109 Å². The number of hydrogen-bond donors (Lipinski definition) is 0. The molecule has 2 aliphatic rings. The molecule has 280 valence electrons. The molecule has 0 heterocycles. The van der Waals surface area contributed by atoms with Crippen molar-refractivity contribution in [2.24, 2.45) is 0 Å². The van der Waals surface area contributed by atoms with Crippen LogP contribution in [0.5, 0.6) is 0 Å². The summed E-state index contributed by atoms with van der Waals surface area (Å²) in [6.07, 6.45) is 0. The third-order valence-electron chi connectivity index (χ3n) is 14.2. The third kappa shape index (κ3) is 4.24. The molecular weight excluding hydrogens is 733 g/mol. The molecule has 0 fully saturated rings. The van der Waals surface area contributed by atoms with Crippen LogP contribution in [0, 0.1) is 0 Å². The second-order valence-electron chi connectivity index (χ2n) is 17.0. The highest BCUT2D eigenvalue weighted by Crippen LogP contribution is 2.65. The zero-order valence-electron chi connectivity index (χ0n) is 33.3. The van der Waals surface area contributed by atoms with Gasteiger partial charge in [0.25, 0.3) is 0 Å². The van der Waals surface area contributed by atoms with Crippen LogP contribution >= 0.6 is 0 Å². The molecule has 12 aromatic carbocycles. The number of fused-ring (bicyclic) bond motifs is 18. The van der Waals surface area contributed by atoms with E-state index >= 15 is 0 Å². The molecule has 1 spiro atoms. The summed E-state index contributed by atoms with van der Waals surface area (Å²) in [5.41, 5.74) is 15.4. The average molecular weight is 769 g/mol. The molecule has 14 rings (SSSR count). The first-order chi connectivity index (χ1) is 30.3. The van der Waals surface area contributed by atoms with Crippen LogP contribution in [0.1, 0.15) is 22.3 Å². The molecule has 0 heteroatoms. The van der Waals surface area contributed by atoms with Crippen LogP contribution in [0.2, 0.25) is 0 Å². The van der Waals surface area contributed by atoms with E-state index in [1.165, 1.54) is 131 Å². The molecule has 0 N–H and O–H groups in total. The van der Waals surface area contributed by atoms with Crippen molar-refractivity contribution in [1.82, 2.24) is 0 Å². The summed E-state index contributed by atoms with van der Waals surface area (Å²) in [7, 11) is 0. The average Bonchev–Trinajstić information content (AvgIpc) is 3.79. The van der Waals surface area contributed by atoms with Gasteiger partial charge < -0.3 is 0 Å². The molecule has 0 aromatic heterocycles. The lowest BCUT2D eigenvalue weighted by molar-refractivity contribution is 0.796.